The number of hydrogen-bond acceptors (Lipinski definition) is 3. The average molecular weight is 354 g/mol. The predicted molar refractivity (Wildman–Crippen MR) is 97.6 cm³/mol. The summed E-state index contributed by atoms with van der Waals surface area (Å²) in [5.41, 5.74) is 3.36. The molecule has 0 atom stereocenters. The van der Waals surface area contributed by atoms with Crippen LogP contribution in [-0.2, 0) is 22.4 Å². The highest BCUT2D eigenvalue weighted by Crippen LogP contribution is 2.22. The number of nitrogens with one attached hydrogen (secondary N) is 2. The molecule has 0 fully saturated rings. The van der Waals surface area contributed by atoms with Crippen LogP contribution in [0.3, 0.4) is 0 Å². The van der Waals surface area contributed by atoms with Crippen molar-refractivity contribution in [3.8, 4) is 0 Å². The van der Waals surface area contributed by atoms with E-state index in [9.17, 15) is 14.0 Å². The fourth-order valence-corrected chi connectivity index (χ4v) is 2.74. The Labute approximate surface area is 150 Å². The van der Waals surface area contributed by atoms with Crippen LogP contribution in [0.2, 0.25) is 0 Å². The van der Waals surface area contributed by atoms with Crippen molar-refractivity contribution in [3.63, 3.8) is 0 Å². The van der Waals surface area contributed by atoms with Crippen LogP contribution in [0.5, 0.6) is 0 Å². The number of aromatic nitrogens is 2. The van der Waals surface area contributed by atoms with E-state index in [1.807, 2.05) is 13.0 Å². The predicted octanol–water partition coefficient (Wildman–Crippen LogP) is 3.18. The minimum Gasteiger partial charge on any atom is -0.326 e. The first-order chi connectivity index (χ1) is 12.4. The highest BCUT2D eigenvalue weighted by atomic mass is 19.1. The minimum absolute atomic E-state index is 0.0663. The van der Waals surface area contributed by atoms with Gasteiger partial charge in [-0.2, -0.15) is 0 Å². The van der Waals surface area contributed by atoms with Crippen LogP contribution >= 0.6 is 0 Å². The van der Waals surface area contributed by atoms with Crippen molar-refractivity contribution in [2.75, 3.05) is 10.6 Å². The summed E-state index contributed by atoms with van der Waals surface area (Å²) in [6.45, 7) is 3.41. The van der Waals surface area contributed by atoms with Crippen molar-refractivity contribution in [1.29, 1.82) is 0 Å². The number of carbonyl (C=O) groups is 2. The maximum Gasteiger partial charge on any atom is 0.230 e. The third kappa shape index (κ3) is 4.05. The van der Waals surface area contributed by atoms with E-state index in [4.69, 9.17) is 0 Å². The number of pyridine rings is 1. The van der Waals surface area contributed by atoms with Crippen molar-refractivity contribution in [2.24, 2.45) is 0 Å². The third-order valence-corrected chi connectivity index (χ3v) is 3.89. The zero-order valence-corrected chi connectivity index (χ0v) is 14.5. The summed E-state index contributed by atoms with van der Waals surface area (Å²) in [5, 5.41) is 5.57. The number of amides is 2. The van der Waals surface area contributed by atoms with E-state index < -0.39 is 0 Å². The smallest absolute Gasteiger partial charge is 0.230 e. The number of hydrogen-bond donors (Lipinski definition) is 2. The van der Waals surface area contributed by atoms with Crippen LogP contribution in [0.25, 0.3) is 5.65 Å². The Hall–Kier alpha value is -3.22. The van der Waals surface area contributed by atoms with E-state index in [2.05, 4.69) is 15.6 Å². The fourth-order valence-electron chi connectivity index (χ4n) is 2.74. The van der Waals surface area contributed by atoms with Gasteiger partial charge < -0.3 is 15.0 Å². The SMILES string of the molecule is CCc1ccc(NC(C)=O)cc1NC(=O)Cc1cn2cc(F)ccc2n1. The number of carbonyl (C=O) groups excluding carboxylic acids is 2. The zero-order chi connectivity index (χ0) is 18.7. The van der Waals surface area contributed by atoms with Crippen LogP contribution in [0.4, 0.5) is 15.8 Å². The number of rotatable bonds is 5. The Morgan fingerprint density at radius 1 is 1.15 bits per heavy atom. The van der Waals surface area contributed by atoms with Gasteiger partial charge in [-0.15, -0.1) is 0 Å². The Bertz CT molecular complexity index is 981. The Morgan fingerprint density at radius 3 is 2.69 bits per heavy atom. The normalized spacial score (nSPS) is 10.7. The summed E-state index contributed by atoms with van der Waals surface area (Å²) in [5.74, 6) is -0.778. The molecule has 0 spiro atoms. The molecule has 7 heteroatoms. The van der Waals surface area contributed by atoms with Crippen LogP contribution in [-0.4, -0.2) is 21.2 Å². The average Bonchev–Trinajstić information content (AvgIpc) is 2.95. The van der Waals surface area contributed by atoms with Gasteiger partial charge in [0, 0.05) is 30.7 Å². The van der Waals surface area contributed by atoms with E-state index in [1.165, 1.54) is 19.2 Å². The molecule has 2 N–H and O–H groups in total. The van der Waals surface area contributed by atoms with E-state index >= 15 is 0 Å². The lowest BCUT2D eigenvalue weighted by Gasteiger charge is -2.12. The quantitative estimate of drug-likeness (QED) is 0.739. The molecule has 2 aromatic heterocycles. The first-order valence-electron chi connectivity index (χ1n) is 8.28. The number of halogens is 1. The Kier molecular flexibility index (Phi) is 4.97. The number of benzene rings is 1. The number of aryl methyl sites for hydroxylation is 1. The zero-order valence-electron chi connectivity index (χ0n) is 14.5. The van der Waals surface area contributed by atoms with Gasteiger partial charge >= 0.3 is 0 Å². The van der Waals surface area contributed by atoms with E-state index in [1.54, 1.807) is 28.8 Å². The lowest BCUT2D eigenvalue weighted by molar-refractivity contribution is -0.116. The molecule has 0 bridgehead atoms. The molecule has 26 heavy (non-hydrogen) atoms. The molecule has 0 saturated carbocycles. The van der Waals surface area contributed by atoms with E-state index in [0.29, 0.717) is 22.7 Å². The standard InChI is InChI=1S/C19H19FN4O2/c1-3-13-4-6-15(21-12(2)25)8-17(13)23-19(26)9-16-11-24-10-14(20)5-7-18(24)22-16/h4-8,10-11H,3,9H2,1-2H3,(H,21,25)(H,23,26). The molecule has 0 unspecified atom stereocenters. The molecule has 2 heterocycles. The molecule has 0 aliphatic heterocycles. The van der Waals surface area contributed by atoms with Crippen LogP contribution in [0.1, 0.15) is 25.1 Å². The highest BCUT2D eigenvalue weighted by molar-refractivity contribution is 5.95. The number of imidazole rings is 1. The van der Waals surface area contributed by atoms with Crippen molar-refractivity contribution >= 4 is 28.8 Å². The van der Waals surface area contributed by atoms with Gasteiger partial charge in [0.05, 0.1) is 12.1 Å². The molecule has 3 aromatic rings. The molecular weight excluding hydrogens is 335 g/mol. The molecule has 0 aliphatic carbocycles. The molecule has 134 valence electrons. The van der Waals surface area contributed by atoms with Gasteiger partial charge in [-0.05, 0) is 36.2 Å². The van der Waals surface area contributed by atoms with Crippen molar-refractivity contribution in [1.82, 2.24) is 9.38 Å². The second-order valence-corrected chi connectivity index (χ2v) is 5.98. The summed E-state index contributed by atoms with van der Waals surface area (Å²) in [6.07, 6.45) is 3.75. The third-order valence-electron chi connectivity index (χ3n) is 3.89. The topological polar surface area (TPSA) is 75.5 Å². The van der Waals surface area contributed by atoms with Crippen LogP contribution in [0, 0.1) is 5.82 Å². The van der Waals surface area contributed by atoms with E-state index in [-0.39, 0.29) is 24.1 Å². The fraction of sp³-hybridized carbons (Fsp3) is 0.211. The lowest BCUT2D eigenvalue weighted by Crippen LogP contribution is -2.16. The van der Waals surface area contributed by atoms with E-state index in [0.717, 1.165) is 12.0 Å². The van der Waals surface area contributed by atoms with Gasteiger partial charge in [0.25, 0.3) is 0 Å². The highest BCUT2D eigenvalue weighted by Gasteiger charge is 2.11. The van der Waals surface area contributed by atoms with Gasteiger partial charge in [-0.25, -0.2) is 9.37 Å². The number of nitrogens with zero attached hydrogens (tertiary/aromatic N) is 2. The van der Waals surface area contributed by atoms with Crippen molar-refractivity contribution in [3.05, 3.63) is 59.8 Å². The first-order valence-corrected chi connectivity index (χ1v) is 8.28. The Balaban J connectivity index is 1.76. The van der Waals surface area contributed by atoms with Gasteiger partial charge in [0.2, 0.25) is 11.8 Å². The lowest BCUT2D eigenvalue weighted by atomic mass is 10.1. The first kappa shape index (κ1) is 17.6. The van der Waals surface area contributed by atoms with Gasteiger partial charge in [-0.1, -0.05) is 13.0 Å². The molecule has 6 nitrogen and oxygen atoms in total. The molecule has 2 amide bonds. The molecular formula is C19H19FN4O2. The number of fused-ring (bicyclic) bond motifs is 1. The Morgan fingerprint density at radius 2 is 1.96 bits per heavy atom. The molecule has 0 saturated heterocycles. The molecule has 3 rings (SSSR count). The van der Waals surface area contributed by atoms with Crippen molar-refractivity contribution < 1.29 is 14.0 Å². The summed E-state index contributed by atoms with van der Waals surface area (Å²) in [6, 6.07) is 8.29. The molecule has 0 aliphatic rings. The van der Waals surface area contributed by atoms with Gasteiger partial charge in [0.1, 0.15) is 11.5 Å². The monoisotopic (exact) mass is 354 g/mol. The molecule has 1 aromatic carbocycles. The summed E-state index contributed by atoms with van der Waals surface area (Å²) in [7, 11) is 0. The summed E-state index contributed by atoms with van der Waals surface area (Å²) < 4.78 is 14.8. The molecule has 0 radical (unpaired) electrons. The van der Waals surface area contributed by atoms with Gasteiger partial charge in [0.15, 0.2) is 0 Å². The van der Waals surface area contributed by atoms with Crippen molar-refractivity contribution in [2.45, 2.75) is 26.7 Å². The summed E-state index contributed by atoms with van der Waals surface area (Å²) >= 11 is 0. The maximum absolute atomic E-state index is 13.2. The largest absolute Gasteiger partial charge is 0.326 e. The summed E-state index contributed by atoms with van der Waals surface area (Å²) in [4.78, 5) is 27.9. The maximum atomic E-state index is 13.2. The van der Waals surface area contributed by atoms with Crippen LogP contribution < -0.4 is 10.6 Å². The van der Waals surface area contributed by atoms with Crippen LogP contribution in [0.15, 0.2) is 42.7 Å². The number of anilines is 2. The van der Waals surface area contributed by atoms with Gasteiger partial charge in [-0.3, -0.25) is 9.59 Å². The second kappa shape index (κ2) is 7.35. The minimum atomic E-state index is -0.367. The second-order valence-electron chi connectivity index (χ2n) is 5.98.